The molecule has 1 fully saturated rings. The van der Waals surface area contributed by atoms with Gasteiger partial charge in [0, 0.05) is 5.54 Å². The van der Waals surface area contributed by atoms with Gasteiger partial charge in [-0.25, -0.2) is 4.90 Å². The fourth-order valence-electron chi connectivity index (χ4n) is 3.53. The molecule has 1 saturated heterocycles. The van der Waals surface area contributed by atoms with E-state index in [9.17, 15) is 14.4 Å². The number of carbonyl (C=O) groups is 3. The normalized spacial score (nSPS) is 17.5. The summed E-state index contributed by atoms with van der Waals surface area (Å²) in [5.41, 5.74) is 1.10. The van der Waals surface area contributed by atoms with Crippen molar-refractivity contribution in [2.45, 2.75) is 58.5 Å². The Morgan fingerprint density at radius 3 is 2.29 bits per heavy atom. The molecule has 0 bridgehead atoms. The van der Waals surface area contributed by atoms with Gasteiger partial charge in [0.05, 0.1) is 17.0 Å². The van der Waals surface area contributed by atoms with Crippen LogP contribution in [0, 0.1) is 0 Å². The van der Waals surface area contributed by atoms with E-state index in [-0.39, 0.29) is 24.1 Å². The number of hydrogen-bond acceptors (Lipinski definition) is 4. The summed E-state index contributed by atoms with van der Waals surface area (Å²) in [6.45, 7) is 9.84. The van der Waals surface area contributed by atoms with E-state index in [1.165, 1.54) is 16.2 Å². The number of rotatable bonds is 4. The molecule has 1 aliphatic rings. The molecule has 1 atom stereocenters. The van der Waals surface area contributed by atoms with Crippen molar-refractivity contribution in [1.29, 1.82) is 0 Å². The van der Waals surface area contributed by atoms with Crippen molar-refractivity contribution in [1.82, 2.24) is 4.90 Å². The van der Waals surface area contributed by atoms with E-state index in [0.29, 0.717) is 16.5 Å². The molecule has 2 aromatic rings. The Balaban J connectivity index is 1.93. The minimum atomic E-state index is -0.799. The number of amides is 3. The van der Waals surface area contributed by atoms with Crippen LogP contribution >= 0.6 is 11.3 Å². The Bertz CT molecular complexity index is 880. The first-order valence-corrected chi connectivity index (χ1v) is 10.3. The Kier molecular flexibility index (Phi) is 5.44. The summed E-state index contributed by atoms with van der Waals surface area (Å²) in [4.78, 5) is 42.4. The molecule has 1 aromatic carbocycles. The molecule has 3 rings (SSSR count). The summed E-state index contributed by atoms with van der Waals surface area (Å²) in [6.07, 6.45) is -0.000843. The Morgan fingerprint density at radius 1 is 1.14 bits per heavy atom. The Labute approximate surface area is 170 Å². The maximum atomic E-state index is 13.2. The van der Waals surface area contributed by atoms with Gasteiger partial charge >= 0.3 is 0 Å². The summed E-state index contributed by atoms with van der Waals surface area (Å²) in [5.74, 6) is -0.472. The van der Waals surface area contributed by atoms with Gasteiger partial charge in [0.1, 0.15) is 6.04 Å². The van der Waals surface area contributed by atoms with Gasteiger partial charge in [-0.3, -0.25) is 14.4 Å². The van der Waals surface area contributed by atoms with E-state index in [4.69, 9.17) is 0 Å². The second kappa shape index (κ2) is 7.51. The lowest BCUT2D eigenvalue weighted by atomic mass is 10.0. The number of carbonyl (C=O) groups excluding carboxylic acids is 3. The minimum absolute atomic E-state index is 0.000843. The van der Waals surface area contributed by atoms with Gasteiger partial charge < -0.3 is 4.90 Å². The van der Waals surface area contributed by atoms with Crippen molar-refractivity contribution in [3.05, 3.63) is 52.2 Å². The second-order valence-corrected chi connectivity index (χ2v) is 9.30. The largest absolute Gasteiger partial charge is 0.321 e. The third-order valence-corrected chi connectivity index (χ3v) is 5.78. The van der Waals surface area contributed by atoms with Crippen LogP contribution in [0.4, 0.5) is 5.69 Å². The highest BCUT2D eigenvalue weighted by Gasteiger charge is 2.47. The van der Waals surface area contributed by atoms with Gasteiger partial charge in [-0.1, -0.05) is 32.0 Å². The fourth-order valence-corrected chi connectivity index (χ4v) is 4.19. The maximum Gasteiger partial charge on any atom is 0.265 e. The molecule has 2 heterocycles. The van der Waals surface area contributed by atoms with E-state index >= 15 is 0 Å². The molecule has 0 N–H and O–H groups in total. The van der Waals surface area contributed by atoms with Gasteiger partial charge in [0.2, 0.25) is 5.91 Å². The van der Waals surface area contributed by atoms with Crippen molar-refractivity contribution in [3.63, 3.8) is 0 Å². The SMILES string of the molecule is CC(C)c1ccc(N2C(=O)CC(N(C(=O)c3cccs3)C(C)(C)C)C2=O)cc1. The Morgan fingerprint density at radius 2 is 1.79 bits per heavy atom. The molecule has 1 aliphatic heterocycles. The predicted molar refractivity (Wildman–Crippen MR) is 112 cm³/mol. The topological polar surface area (TPSA) is 57.7 Å². The Hall–Kier alpha value is -2.47. The first-order valence-electron chi connectivity index (χ1n) is 9.45. The smallest absolute Gasteiger partial charge is 0.265 e. The van der Waals surface area contributed by atoms with Gasteiger partial charge in [0.25, 0.3) is 11.8 Å². The molecule has 0 saturated carbocycles. The number of imide groups is 1. The van der Waals surface area contributed by atoms with Crippen LogP contribution in [-0.4, -0.2) is 34.2 Å². The van der Waals surface area contributed by atoms with Crippen molar-refractivity contribution >= 4 is 34.7 Å². The first-order chi connectivity index (χ1) is 13.1. The summed E-state index contributed by atoms with van der Waals surface area (Å²) in [5, 5.41) is 1.83. The monoisotopic (exact) mass is 398 g/mol. The molecule has 6 heteroatoms. The zero-order chi connectivity index (χ0) is 20.6. The molecule has 0 aliphatic carbocycles. The highest BCUT2D eigenvalue weighted by molar-refractivity contribution is 7.12. The van der Waals surface area contributed by atoms with Crippen molar-refractivity contribution in [3.8, 4) is 0 Å². The van der Waals surface area contributed by atoms with Crippen LogP contribution in [0.25, 0.3) is 0 Å². The van der Waals surface area contributed by atoms with Crippen LogP contribution in [0.5, 0.6) is 0 Å². The van der Waals surface area contributed by atoms with Crippen LogP contribution in [0.15, 0.2) is 41.8 Å². The highest BCUT2D eigenvalue weighted by atomic mass is 32.1. The third-order valence-electron chi connectivity index (χ3n) is 4.93. The van der Waals surface area contributed by atoms with Crippen LogP contribution in [0.2, 0.25) is 0 Å². The molecule has 1 aromatic heterocycles. The predicted octanol–water partition coefficient (Wildman–Crippen LogP) is 4.44. The van der Waals surface area contributed by atoms with Crippen LogP contribution in [-0.2, 0) is 9.59 Å². The zero-order valence-corrected chi connectivity index (χ0v) is 17.7. The van der Waals surface area contributed by atoms with E-state index in [1.54, 1.807) is 23.1 Å². The highest BCUT2D eigenvalue weighted by Crippen LogP contribution is 2.32. The van der Waals surface area contributed by atoms with Gasteiger partial charge in [0.15, 0.2) is 0 Å². The van der Waals surface area contributed by atoms with E-state index in [1.807, 2.05) is 44.4 Å². The van der Waals surface area contributed by atoms with Crippen molar-refractivity contribution in [2.75, 3.05) is 4.90 Å². The number of anilines is 1. The van der Waals surface area contributed by atoms with Gasteiger partial charge in [-0.15, -0.1) is 11.3 Å². The zero-order valence-electron chi connectivity index (χ0n) is 16.9. The average molecular weight is 399 g/mol. The molecule has 28 heavy (non-hydrogen) atoms. The van der Waals surface area contributed by atoms with Gasteiger partial charge in [-0.2, -0.15) is 0 Å². The summed E-state index contributed by atoms with van der Waals surface area (Å²) in [7, 11) is 0. The van der Waals surface area contributed by atoms with E-state index in [0.717, 1.165) is 5.56 Å². The summed E-state index contributed by atoms with van der Waals surface area (Å²) in [6, 6.07) is 10.2. The lowest BCUT2D eigenvalue weighted by Crippen LogP contribution is -2.54. The number of hydrogen-bond donors (Lipinski definition) is 0. The molecule has 5 nitrogen and oxygen atoms in total. The molecule has 3 amide bonds. The van der Waals surface area contributed by atoms with Crippen molar-refractivity contribution in [2.24, 2.45) is 0 Å². The first kappa shape index (κ1) is 20.3. The van der Waals surface area contributed by atoms with E-state index < -0.39 is 11.6 Å². The average Bonchev–Trinajstić information content (AvgIpc) is 3.23. The summed E-state index contributed by atoms with van der Waals surface area (Å²) >= 11 is 1.34. The molecular formula is C22H26N2O3S. The minimum Gasteiger partial charge on any atom is -0.321 e. The lowest BCUT2D eigenvalue weighted by molar-refractivity contribution is -0.123. The number of benzene rings is 1. The van der Waals surface area contributed by atoms with Crippen molar-refractivity contribution < 1.29 is 14.4 Å². The van der Waals surface area contributed by atoms with Gasteiger partial charge in [-0.05, 0) is 55.8 Å². The molecular weight excluding hydrogens is 372 g/mol. The number of nitrogens with zero attached hydrogens (tertiary/aromatic N) is 2. The number of thiophene rings is 1. The van der Waals surface area contributed by atoms with E-state index in [2.05, 4.69) is 13.8 Å². The fraction of sp³-hybridized carbons (Fsp3) is 0.409. The maximum absolute atomic E-state index is 13.2. The van der Waals surface area contributed by atoms with Crippen LogP contribution in [0.3, 0.4) is 0 Å². The summed E-state index contributed by atoms with van der Waals surface area (Å²) < 4.78 is 0. The van der Waals surface area contributed by atoms with Crippen LogP contribution in [0.1, 0.15) is 62.2 Å². The second-order valence-electron chi connectivity index (χ2n) is 8.36. The molecule has 1 unspecified atom stereocenters. The molecule has 148 valence electrons. The molecule has 0 spiro atoms. The standard InChI is InChI=1S/C22H26N2O3S/c1-14(2)15-8-10-16(11-9-15)23-19(25)13-17(20(23)26)24(22(3,4)5)21(27)18-7-6-12-28-18/h6-12,14,17H,13H2,1-5H3. The molecule has 0 radical (unpaired) electrons. The third kappa shape index (κ3) is 3.74. The van der Waals surface area contributed by atoms with Crippen LogP contribution < -0.4 is 4.90 Å². The quantitative estimate of drug-likeness (QED) is 0.715. The lowest BCUT2D eigenvalue weighted by Gasteiger charge is -2.38.